The van der Waals surface area contributed by atoms with Gasteiger partial charge in [-0.3, -0.25) is 9.36 Å². The zero-order valence-electron chi connectivity index (χ0n) is 12.5. The molecule has 3 rings (SSSR count). The SMILES string of the molecule is C[C@H](CCc1ccccc1)n1c(=S)[nH]c2ccccc2c1=O. The summed E-state index contributed by atoms with van der Waals surface area (Å²) in [5.74, 6) is 0. The van der Waals surface area contributed by atoms with Gasteiger partial charge >= 0.3 is 0 Å². The van der Waals surface area contributed by atoms with E-state index in [1.54, 1.807) is 4.57 Å². The minimum Gasteiger partial charge on any atom is -0.332 e. The van der Waals surface area contributed by atoms with Crippen molar-refractivity contribution in [2.75, 3.05) is 0 Å². The molecule has 0 spiro atoms. The molecule has 4 heteroatoms. The van der Waals surface area contributed by atoms with Crippen LogP contribution in [0.15, 0.2) is 59.4 Å². The van der Waals surface area contributed by atoms with Crippen LogP contribution in [0.5, 0.6) is 0 Å². The molecule has 1 N–H and O–H groups in total. The first-order valence-corrected chi connectivity index (χ1v) is 7.85. The molecule has 0 bridgehead atoms. The van der Waals surface area contributed by atoms with Crippen LogP contribution in [-0.2, 0) is 6.42 Å². The summed E-state index contributed by atoms with van der Waals surface area (Å²) in [5.41, 5.74) is 2.06. The molecule has 1 aromatic heterocycles. The lowest BCUT2D eigenvalue weighted by Crippen LogP contribution is -2.25. The molecule has 1 heterocycles. The lowest BCUT2D eigenvalue weighted by Gasteiger charge is -2.16. The fourth-order valence-electron chi connectivity index (χ4n) is 2.73. The van der Waals surface area contributed by atoms with Gasteiger partial charge < -0.3 is 4.98 Å². The molecule has 0 unspecified atom stereocenters. The third-order valence-electron chi connectivity index (χ3n) is 3.97. The van der Waals surface area contributed by atoms with Gasteiger partial charge in [-0.05, 0) is 49.7 Å². The number of hydrogen-bond acceptors (Lipinski definition) is 2. The average molecular weight is 310 g/mol. The predicted molar refractivity (Wildman–Crippen MR) is 92.9 cm³/mol. The van der Waals surface area contributed by atoms with E-state index in [1.807, 2.05) is 49.4 Å². The van der Waals surface area contributed by atoms with Crippen molar-refractivity contribution in [1.82, 2.24) is 9.55 Å². The van der Waals surface area contributed by atoms with E-state index in [9.17, 15) is 4.79 Å². The quantitative estimate of drug-likeness (QED) is 0.731. The van der Waals surface area contributed by atoms with Crippen molar-refractivity contribution in [2.45, 2.75) is 25.8 Å². The van der Waals surface area contributed by atoms with Gasteiger partial charge in [-0.1, -0.05) is 42.5 Å². The van der Waals surface area contributed by atoms with E-state index < -0.39 is 0 Å². The smallest absolute Gasteiger partial charge is 0.262 e. The minimum atomic E-state index is -0.0140. The maximum Gasteiger partial charge on any atom is 0.262 e. The number of para-hydroxylation sites is 1. The molecule has 2 aromatic carbocycles. The number of fused-ring (bicyclic) bond motifs is 1. The van der Waals surface area contributed by atoms with Crippen LogP contribution in [0.2, 0.25) is 0 Å². The second kappa shape index (κ2) is 6.28. The number of benzene rings is 2. The molecule has 112 valence electrons. The van der Waals surface area contributed by atoms with E-state index in [0.717, 1.165) is 18.4 Å². The molecule has 0 saturated carbocycles. The molecule has 0 aliphatic carbocycles. The van der Waals surface area contributed by atoms with Gasteiger partial charge in [0.15, 0.2) is 4.77 Å². The van der Waals surface area contributed by atoms with Crippen LogP contribution in [0, 0.1) is 4.77 Å². The van der Waals surface area contributed by atoms with E-state index in [0.29, 0.717) is 10.2 Å². The Labute approximate surface area is 134 Å². The Balaban J connectivity index is 1.92. The second-order valence-corrected chi connectivity index (χ2v) is 5.91. The normalized spacial score (nSPS) is 12.4. The molecule has 0 radical (unpaired) electrons. The standard InChI is InChI=1S/C18H18N2OS/c1-13(11-12-14-7-3-2-4-8-14)20-17(21)15-9-5-6-10-16(15)19-18(20)22/h2-10,13H,11-12H2,1H3,(H,19,22)/t13-/m1/s1. The second-order valence-electron chi connectivity index (χ2n) is 5.52. The van der Waals surface area contributed by atoms with Gasteiger partial charge in [0.05, 0.1) is 10.9 Å². The number of hydrogen-bond donors (Lipinski definition) is 1. The Bertz CT molecular complexity index is 896. The highest BCUT2D eigenvalue weighted by atomic mass is 32.1. The summed E-state index contributed by atoms with van der Waals surface area (Å²) < 4.78 is 2.19. The first-order valence-electron chi connectivity index (χ1n) is 7.44. The van der Waals surface area contributed by atoms with E-state index in [-0.39, 0.29) is 11.6 Å². The van der Waals surface area contributed by atoms with Crippen LogP contribution in [0.3, 0.4) is 0 Å². The van der Waals surface area contributed by atoms with Crippen molar-refractivity contribution in [2.24, 2.45) is 0 Å². The van der Waals surface area contributed by atoms with Gasteiger partial charge in [0.25, 0.3) is 5.56 Å². The Morgan fingerprint density at radius 1 is 1.09 bits per heavy atom. The highest BCUT2D eigenvalue weighted by Gasteiger charge is 2.11. The van der Waals surface area contributed by atoms with E-state index in [4.69, 9.17) is 12.2 Å². The maximum atomic E-state index is 12.7. The van der Waals surface area contributed by atoms with Crippen LogP contribution >= 0.6 is 12.2 Å². The van der Waals surface area contributed by atoms with Crippen LogP contribution in [0.1, 0.15) is 24.9 Å². The first-order chi connectivity index (χ1) is 10.7. The summed E-state index contributed by atoms with van der Waals surface area (Å²) in [6.45, 7) is 2.04. The van der Waals surface area contributed by atoms with Gasteiger partial charge in [0.1, 0.15) is 0 Å². The lowest BCUT2D eigenvalue weighted by atomic mass is 10.1. The maximum absolute atomic E-state index is 12.7. The van der Waals surface area contributed by atoms with Crippen molar-refractivity contribution in [3.63, 3.8) is 0 Å². The monoisotopic (exact) mass is 310 g/mol. The van der Waals surface area contributed by atoms with Gasteiger partial charge in [-0.2, -0.15) is 0 Å². The summed E-state index contributed by atoms with van der Waals surface area (Å²) in [6, 6.07) is 17.8. The lowest BCUT2D eigenvalue weighted by molar-refractivity contribution is 0.483. The molecule has 0 amide bonds. The summed E-state index contributed by atoms with van der Waals surface area (Å²) in [5, 5.41) is 0.683. The largest absolute Gasteiger partial charge is 0.332 e. The number of rotatable bonds is 4. The molecule has 22 heavy (non-hydrogen) atoms. The van der Waals surface area contributed by atoms with Crippen molar-refractivity contribution < 1.29 is 0 Å². The highest BCUT2D eigenvalue weighted by Crippen LogP contribution is 2.15. The minimum absolute atomic E-state index is 0.0140. The molecule has 3 nitrogen and oxygen atoms in total. The van der Waals surface area contributed by atoms with Crippen molar-refractivity contribution in [3.8, 4) is 0 Å². The van der Waals surface area contributed by atoms with E-state index >= 15 is 0 Å². The van der Waals surface area contributed by atoms with Crippen molar-refractivity contribution in [3.05, 3.63) is 75.3 Å². The molecule has 0 aliphatic heterocycles. The molecule has 3 aromatic rings. The van der Waals surface area contributed by atoms with Crippen LogP contribution in [0.4, 0.5) is 0 Å². The van der Waals surface area contributed by atoms with Crippen molar-refractivity contribution in [1.29, 1.82) is 0 Å². The zero-order valence-corrected chi connectivity index (χ0v) is 13.3. The van der Waals surface area contributed by atoms with Crippen LogP contribution < -0.4 is 5.56 Å². The number of nitrogens with zero attached hydrogens (tertiary/aromatic N) is 1. The van der Waals surface area contributed by atoms with Gasteiger partial charge in [-0.15, -0.1) is 0 Å². The summed E-state index contributed by atoms with van der Waals surface area (Å²) in [6.07, 6.45) is 1.80. The topological polar surface area (TPSA) is 37.8 Å². The fraction of sp³-hybridized carbons (Fsp3) is 0.222. The summed E-state index contributed by atoms with van der Waals surface area (Å²) >= 11 is 5.38. The number of aromatic nitrogens is 2. The Kier molecular flexibility index (Phi) is 4.20. The number of aryl methyl sites for hydroxylation is 1. The number of H-pyrrole nitrogens is 1. The predicted octanol–water partition coefficient (Wildman–Crippen LogP) is 4.25. The first kappa shape index (κ1) is 14.7. The Morgan fingerprint density at radius 2 is 1.77 bits per heavy atom. The summed E-state index contributed by atoms with van der Waals surface area (Å²) in [7, 11) is 0. The van der Waals surface area contributed by atoms with E-state index in [1.165, 1.54) is 5.56 Å². The molecule has 0 fully saturated rings. The van der Waals surface area contributed by atoms with Gasteiger partial charge in [0.2, 0.25) is 0 Å². The fourth-order valence-corrected chi connectivity index (χ4v) is 3.10. The van der Waals surface area contributed by atoms with Crippen LogP contribution in [-0.4, -0.2) is 9.55 Å². The molecule has 0 saturated heterocycles. The van der Waals surface area contributed by atoms with Gasteiger partial charge in [-0.25, -0.2) is 0 Å². The Hall–Kier alpha value is -2.20. The molecule has 0 aliphatic rings. The number of aromatic amines is 1. The molecule has 1 atom stereocenters. The Morgan fingerprint density at radius 3 is 2.55 bits per heavy atom. The highest BCUT2D eigenvalue weighted by molar-refractivity contribution is 7.71. The third-order valence-corrected chi connectivity index (χ3v) is 4.27. The third kappa shape index (κ3) is 2.88. The summed E-state index contributed by atoms with van der Waals surface area (Å²) in [4.78, 5) is 15.8. The van der Waals surface area contributed by atoms with Gasteiger partial charge in [0, 0.05) is 6.04 Å². The van der Waals surface area contributed by atoms with E-state index in [2.05, 4.69) is 17.1 Å². The average Bonchev–Trinajstić information content (AvgIpc) is 2.54. The molecular formula is C18H18N2OS. The molecular weight excluding hydrogens is 292 g/mol. The number of nitrogens with one attached hydrogen (secondary N) is 1. The van der Waals surface area contributed by atoms with Crippen molar-refractivity contribution >= 4 is 23.1 Å². The zero-order chi connectivity index (χ0) is 15.5. The van der Waals surface area contributed by atoms with Crippen LogP contribution in [0.25, 0.3) is 10.9 Å².